The molecule has 2 N–H and O–H groups in total. The highest BCUT2D eigenvalue weighted by molar-refractivity contribution is 5.85. The first kappa shape index (κ1) is 17.4. The molecule has 2 amide bonds. The Morgan fingerprint density at radius 2 is 1.73 bits per heavy atom. The number of amides is 2. The van der Waals surface area contributed by atoms with Crippen molar-refractivity contribution in [1.82, 2.24) is 10.9 Å². The van der Waals surface area contributed by atoms with Gasteiger partial charge in [0.05, 0.1) is 7.11 Å². The molecule has 0 radical (unpaired) electrons. The van der Waals surface area contributed by atoms with Gasteiger partial charge in [-0.3, -0.25) is 20.4 Å². The zero-order valence-corrected chi connectivity index (χ0v) is 14.1. The molecule has 3 rings (SSSR count). The van der Waals surface area contributed by atoms with Gasteiger partial charge in [-0.25, -0.2) is 0 Å². The van der Waals surface area contributed by atoms with Crippen molar-refractivity contribution >= 4 is 11.8 Å². The third kappa shape index (κ3) is 4.35. The summed E-state index contributed by atoms with van der Waals surface area (Å²) in [6.07, 6.45) is -0.854. The summed E-state index contributed by atoms with van der Waals surface area (Å²) in [5, 5.41) is 0. The first-order chi connectivity index (χ1) is 12.7. The summed E-state index contributed by atoms with van der Waals surface area (Å²) in [4.78, 5) is 23.8. The summed E-state index contributed by atoms with van der Waals surface area (Å²) in [6.45, 7) is -0.196. The smallest absolute Gasteiger partial charge is 0.283 e. The van der Waals surface area contributed by atoms with Crippen molar-refractivity contribution in [3.05, 3.63) is 48.5 Å². The van der Waals surface area contributed by atoms with E-state index in [2.05, 4.69) is 10.9 Å². The van der Waals surface area contributed by atoms with E-state index < -0.39 is 17.9 Å². The SMILES string of the molecule is COc1ccc(OCC(=O)NNC(=O)[C@@H]2COc3ccccc3O2)cc1. The van der Waals surface area contributed by atoms with E-state index in [1.54, 1.807) is 49.6 Å². The molecule has 2 aromatic carbocycles. The van der Waals surface area contributed by atoms with E-state index in [0.29, 0.717) is 23.0 Å². The lowest BCUT2D eigenvalue weighted by Gasteiger charge is -2.25. The van der Waals surface area contributed by atoms with Crippen LogP contribution in [-0.4, -0.2) is 38.2 Å². The number of nitrogens with one attached hydrogen (secondary N) is 2. The average Bonchev–Trinajstić information content (AvgIpc) is 2.70. The zero-order valence-electron chi connectivity index (χ0n) is 14.1. The van der Waals surface area contributed by atoms with Crippen molar-refractivity contribution in [2.75, 3.05) is 20.3 Å². The lowest BCUT2D eigenvalue weighted by Crippen LogP contribution is -2.51. The summed E-state index contributed by atoms with van der Waals surface area (Å²) in [6, 6.07) is 13.8. The van der Waals surface area contributed by atoms with Gasteiger partial charge in [0.15, 0.2) is 18.1 Å². The summed E-state index contributed by atoms with van der Waals surface area (Å²) in [5.41, 5.74) is 4.57. The zero-order chi connectivity index (χ0) is 18.4. The number of benzene rings is 2. The van der Waals surface area contributed by atoms with Gasteiger partial charge in [0.25, 0.3) is 11.8 Å². The van der Waals surface area contributed by atoms with E-state index in [1.165, 1.54) is 0 Å². The third-order valence-electron chi connectivity index (χ3n) is 3.56. The molecule has 0 aliphatic carbocycles. The lowest BCUT2D eigenvalue weighted by atomic mass is 10.2. The molecular formula is C18H18N2O6. The molecule has 0 fully saturated rings. The molecule has 0 aromatic heterocycles. The quantitative estimate of drug-likeness (QED) is 0.776. The molecule has 0 spiro atoms. The number of rotatable bonds is 5. The van der Waals surface area contributed by atoms with Gasteiger partial charge in [-0.15, -0.1) is 0 Å². The molecule has 8 heteroatoms. The Morgan fingerprint density at radius 3 is 2.46 bits per heavy atom. The third-order valence-corrected chi connectivity index (χ3v) is 3.56. The Kier molecular flexibility index (Phi) is 5.43. The first-order valence-electron chi connectivity index (χ1n) is 7.90. The number of hydrogen-bond donors (Lipinski definition) is 2. The predicted molar refractivity (Wildman–Crippen MR) is 91.1 cm³/mol. The second-order valence-corrected chi connectivity index (χ2v) is 5.37. The molecular weight excluding hydrogens is 340 g/mol. The van der Waals surface area contributed by atoms with Gasteiger partial charge in [0, 0.05) is 0 Å². The second kappa shape index (κ2) is 8.11. The summed E-state index contributed by atoms with van der Waals surface area (Å²) in [5.74, 6) is 1.23. The fourth-order valence-electron chi connectivity index (χ4n) is 2.22. The van der Waals surface area contributed by atoms with Gasteiger partial charge in [0.1, 0.15) is 18.1 Å². The van der Waals surface area contributed by atoms with E-state index in [9.17, 15) is 9.59 Å². The van der Waals surface area contributed by atoms with Gasteiger partial charge in [-0.2, -0.15) is 0 Å². The molecule has 1 aliphatic rings. The van der Waals surface area contributed by atoms with Crippen LogP contribution in [0.15, 0.2) is 48.5 Å². The number of hydrogen-bond acceptors (Lipinski definition) is 6. The average molecular weight is 358 g/mol. The summed E-state index contributed by atoms with van der Waals surface area (Å²) >= 11 is 0. The minimum atomic E-state index is -0.854. The van der Waals surface area contributed by atoms with Crippen molar-refractivity contribution in [3.63, 3.8) is 0 Å². The van der Waals surface area contributed by atoms with Crippen molar-refractivity contribution < 1.29 is 28.5 Å². The molecule has 2 aromatic rings. The van der Waals surface area contributed by atoms with Crippen molar-refractivity contribution in [2.24, 2.45) is 0 Å². The predicted octanol–water partition coefficient (Wildman–Crippen LogP) is 1.06. The van der Waals surface area contributed by atoms with E-state index in [4.69, 9.17) is 18.9 Å². The number of fused-ring (bicyclic) bond motifs is 1. The standard InChI is InChI=1S/C18H18N2O6/c1-23-12-6-8-13(9-7-12)24-11-17(21)19-20-18(22)16-10-25-14-4-2-3-5-15(14)26-16/h2-9,16H,10-11H2,1H3,(H,19,21)(H,20,22)/t16-/m0/s1. The van der Waals surface area contributed by atoms with Crippen LogP contribution in [-0.2, 0) is 9.59 Å². The van der Waals surface area contributed by atoms with Crippen molar-refractivity contribution in [3.8, 4) is 23.0 Å². The van der Waals surface area contributed by atoms with Crippen LogP contribution in [0, 0.1) is 0 Å². The topological polar surface area (TPSA) is 95.1 Å². The fraction of sp³-hybridized carbons (Fsp3) is 0.222. The van der Waals surface area contributed by atoms with Crippen molar-refractivity contribution in [1.29, 1.82) is 0 Å². The molecule has 1 heterocycles. The van der Waals surface area contributed by atoms with Crippen LogP contribution in [0.1, 0.15) is 0 Å². The normalized spacial score (nSPS) is 14.9. The Balaban J connectivity index is 1.42. The fourth-order valence-corrected chi connectivity index (χ4v) is 2.22. The number of ether oxygens (including phenoxy) is 4. The van der Waals surface area contributed by atoms with E-state index in [0.717, 1.165) is 0 Å². The van der Waals surface area contributed by atoms with Crippen LogP contribution in [0.2, 0.25) is 0 Å². The largest absolute Gasteiger partial charge is 0.497 e. The van der Waals surface area contributed by atoms with Gasteiger partial charge in [0.2, 0.25) is 6.10 Å². The molecule has 0 saturated heterocycles. The second-order valence-electron chi connectivity index (χ2n) is 5.37. The van der Waals surface area contributed by atoms with Gasteiger partial charge >= 0.3 is 0 Å². The number of carbonyl (C=O) groups excluding carboxylic acids is 2. The van der Waals surface area contributed by atoms with Crippen LogP contribution < -0.4 is 29.8 Å². The lowest BCUT2D eigenvalue weighted by molar-refractivity contribution is -0.135. The van der Waals surface area contributed by atoms with Crippen LogP contribution in [0.4, 0.5) is 0 Å². The van der Waals surface area contributed by atoms with E-state index in [1.807, 2.05) is 6.07 Å². The van der Waals surface area contributed by atoms with E-state index in [-0.39, 0.29) is 13.2 Å². The minimum Gasteiger partial charge on any atom is -0.497 e. The Labute approximate surface area is 150 Å². The van der Waals surface area contributed by atoms with Crippen LogP contribution in [0.25, 0.3) is 0 Å². The molecule has 1 atom stereocenters. The van der Waals surface area contributed by atoms with Crippen LogP contribution in [0.5, 0.6) is 23.0 Å². The highest BCUT2D eigenvalue weighted by atomic mass is 16.6. The molecule has 0 unspecified atom stereocenters. The summed E-state index contributed by atoms with van der Waals surface area (Å²) in [7, 11) is 1.56. The Morgan fingerprint density at radius 1 is 1.04 bits per heavy atom. The molecule has 0 bridgehead atoms. The van der Waals surface area contributed by atoms with Crippen molar-refractivity contribution in [2.45, 2.75) is 6.10 Å². The highest BCUT2D eigenvalue weighted by Gasteiger charge is 2.27. The summed E-state index contributed by atoms with van der Waals surface area (Å²) < 4.78 is 21.4. The van der Waals surface area contributed by atoms with Gasteiger partial charge < -0.3 is 18.9 Å². The Bertz CT molecular complexity index is 778. The molecule has 136 valence electrons. The molecule has 0 saturated carbocycles. The van der Waals surface area contributed by atoms with Gasteiger partial charge in [-0.05, 0) is 36.4 Å². The monoisotopic (exact) mass is 358 g/mol. The maximum absolute atomic E-state index is 12.1. The molecule has 26 heavy (non-hydrogen) atoms. The first-order valence-corrected chi connectivity index (χ1v) is 7.90. The van der Waals surface area contributed by atoms with E-state index >= 15 is 0 Å². The Hall–Kier alpha value is -3.42. The number of hydrazine groups is 1. The molecule has 1 aliphatic heterocycles. The maximum Gasteiger partial charge on any atom is 0.283 e. The van der Waals surface area contributed by atoms with Crippen LogP contribution in [0.3, 0.4) is 0 Å². The van der Waals surface area contributed by atoms with Gasteiger partial charge in [-0.1, -0.05) is 12.1 Å². The number of para-hydroxylation sites is 2. The highest BCUT2D eigenvalue weighted by Crippen LogP contribution is 2.30. The minimum absolute atomic E-state index is 0.0566. The number of methoxy groups -OCH3 is 1. The maximum atomic E-state index is 12.1. The van der Waals surface area contributed by atoms with Crippen LogP contribution >= 0.6 is 0 Å². The number of carbonyl (C=O) groups is 2. The molecule has 8 nitrogen and oxygen atoms in total.